The van der Waals surface area contributed by atoms with E-state index in [1.165, 1.54) is 11.1 Å². The van der Waals surface area contributed by atoms with Crippen LogP contribution in [0.25, 0.3) is 0 Å². The maximum atomic E-state index is 14.4. The van der Waals surface area contributed by atoms with E-state index in [9.17, 15) is 13.2 Å². The maximum Gasteiger partial charge on any atom is 0.264 e. The molecule has 1 saturated carbocycles. The molecule has 6 aliphatic rings. The molecule has 9 rings (SSSR count). The van der Waals surface area contributed by atoms with E-state index in [4.69, 9.17) is 25.8 Å². The first-order chi connectivity index (χ1) is 28.5. The highest BCUT2D eigenvalue weighted by molar-refractivity contribution is 7.90. The summed E-state index contributed by atoms with van der Waals surface area (Å²) in [5, 5.41) is -0.104. The van der Waals surface area contributed by atoms with Crippen LogP contribution < -0.4 is 14.4 Å². The second-order valence-corrected chi connectivity index (χ2v) is 20.5. The Hall–Kier alpha value is -3.45. The number of benzene rings is 3. The normalized spacial score (nSPS) is 33.0. The average molecular weight is 844 g/mol. The Morgan fingerprint density at radius 1 is 1.02 bits per heavy atom. The number of rotatable bonds is 5. The number of methoxy groups -OCH3 is 1. The van der Waals surface area contributed by atoms with Gasteiger partial charge in [-0.25, -0.2) is 13.1 Å². The molecule has 2 saturated heterocycles. The van der Waals surface area contributed by atoms with Crippen molar-refractivity contribution in [1.29, 1.82) is 0 Å². The molecule has 7 atom stereocenters. The summed E-state index contributed by atoms with van der Waals surface area (Å²) >= 11 is 6.55. The lowest BCUT2D eigenvalue weighted by atomic mass is 9.63. The lowest BCUT2D eigenvalue weighted by molar-refractivity contribution is -0.108. The molecule has 4 aliphatic heterocycles. The Morgan fingerprint density at radius 2 is 1.88 bits per heavy atom. The smallest absolute Gasteiger partial charge is 0.264 e. The van der Waals surface area contributed by atoms with Gasteiger partial charge in [-0.15, -0.1) is 0 Å². The molecular weight excluding hydrogens is 784 g/mol. The number of ether oxygens (including phenoxy) is 3. The number of fused-ring (bicyclic) bond motifs is 5. The highest BCUT2D eigenvalue weighted by Gasteiger charge is 2.50. The predicted octanol–water partition coefficient (Wildman–Crippen LogP) is 6.51. The van der Waals surface area contributed by atoms with E-state index in [1.807, 2.05) is 62.6 Å². The fourth-order valence-electron chi connectivity index (χ4n) is 11.2. The lowest BCUT2D eigenvalue weighted by Crippen LogP contribution is -2.62. The monoisotopic (exact) mass is 842 g/mol. The van der Waals surface area contributed by atoms with Crippen LogP contribution in [0.4, 0.5) is 5.69 Å². The molecule has 0 aromatic heterocycles. The zero-order chi connectivity index (χ0) is 40.8. The Kier molecular flexibility index (Phi) is 11.6. The summed E-state index contributed by atoms with van der Waals surface area (Å²) in [6.45, 7) is 10.1. The van der Waals surface area contributed by atoms with Crippen molar-refractivity contribution in [2.45, 2.75) is 74.2 Å². The van der Waals surface area contributed by atoms with Crippen LogP contribution in [0.15, 0.2) is 78.9 Å². The average Bonchev–Trinajstić information content (AvgIpc) is 3.37. The molecule has 1 N–H and O–H groups in total. The summed E-state index contributed by atoms with van der Waals surface area (Å²) in [6, 6.07) is 21.8. The van der Waals surface area contributed by atoms with Crippen LogP contribution in [-0.2, 0) is 37.8 Å². The number of piperazine rings is 1. The Labute approximate surface area is 355 Å². The van der Waals surface area contributed by atoms with E-state index in [0.717, 1.165) is 101 Å². The molecule has 2 bridgehead atoms. The Balaban J connectivity index is 1.12. The van der Waals surface area contributed by atoms with Gasteiger partial charge < -0.3 is 19.1 Å². The highest BCUT2D eigenvalue weighted by Crippen LogP contribution is 2.49. The van der Waals surface area contributed by atoms with E-state index in [2.05, 4.69) is 43.7 Å². The number of carbonyl (C=O) groups is 1. The van der Waals surface area contributed by atoms with Crippen molar-refractivity contribution in [1.82, 2.24) is 14.5 Å². The Morgan fingerprint density at radius 3 is 2.69 bits per heavy atom. The van der Waals surface area contributed by atoms with Gasteiger partial charge >= 0.3 is 0 Å². The number of nitrogens with one attached hydrogen (secondary N) is 1. The Bertz CT molecular complexity index is 2150. The van der Waals surface area contributed by atoms with E-state index in [-0.39, 0.29) is 23.7 Å². The summed E-state index contributed by atoms with van der Waals surface area (Å²) in [5.74, 6) is 0.328. The molecule has 2 aliphatic carbocycles. The van der Waals surface area contributed by atoms with Crippen molar-refractivity contribution in [3.8, 4) is 5.75 Å². The van der Waals surface area contributed by atoms with Crippen LogP contribution in [-0.4, -0.2) is 114 Å². The van der Waals surface area contributed by atoms with Crippen LogP contribution in [0, 0.1) is 17.8 Å². The molecule has 3 aromatic rings. The first-order valence-corrected chi connectivity index (χ1v) is 23.6. The minimum Gasteiger partial charge on any atom is -0.490 e. The summed E-state index contributed by atoms with van der Waals surface area (Å²) in [4.78, 5) is 21.7. The summed E-state index contributed by atoms with van der Waals surface area (Å²) in [7, 11) is -2.26. The topological polar surface area (TPSA) is 101 Å². The van der Waals surface area contributed by atoms with Crippen LogP contribution in [0.3, 0.4) is 0 Å². The van der Waals surface area contributed by atoms with E-state index in [0.29, 0.717) is 42.8 Å². The largest absolute Gasteiger partial charge is 0.490 e. The third-order valence-electron chi connectivity index (χ3n) is 14.6. The number of aryl methyl sites for hydroxylation is 1. The second-order valence-electron chi connectivity index (χ2n) is 18.2. The molecule has 3 aromatic carbocycles. The quantitative estimate of drug-likeness (QED) is 0.289. The van der Waals surface area contributed by atoms with Gasteiger partial charge in [-0.2, -0.15) is 0 Å². The number of hydrogen-bond donors (Lipinski definition) is 1. The van der Waals surface area contributed by atoms with Crippen molar-refractivity contribution >= 4 is 33.2 Å². The van der Waals surface area contributed by atoms with Crippen LogP contribution in [0.2, 0.25) is 5.02 Å². The number of amides is 1. The highest BCUT2D eigenvalue weighted by atomic mass is 35.5. The fourth-order valence-corrected chi connectivity index (χ4v) is 13.1. The molecule has 0 unspecified atom stereocenters. The van der Waals surface area contributed by atoms with Gasteiger partial charge in [0.15, 0.2) is 0 Å². The van der Waals surface area contributed by atoms with Crippen LogP contribution in [0.1, 0.15) is 66.1 Å². The van der Waals surface area contributed by atoms with Gasteiger partial charge in [0.1, 0.15) is 11.4 Å². The first-order valence-electron chi connectivity index (χ1n) is 21.7. The SMILES string of the molecule is CO[C@@]1(CN2CCN3CCOC[C@@H]3C2)/C=C\C[C@H](C)[C@@H](Cc2ccccc2)S(=O)(=O)NC(=O)c2ccc3c(c2)N(C[C@@H]2CC[C@H]21)C[C@@]1(CCCc2cc(Cl)ccc21)CO3. The molecule has 3 fully saturated rings. The minimum absolute atomic E-state index is 0.226. The van der Waals surface area contributed by atoms with Crippen molar-refractivity contribution < 1.29 is 27.4 Å². The number of sulfonamides is 1. The number of morpholine rings is 1. The summed E-state index contributed by atoms with van der Waals surface area (Å²) in [5.41, 5.74) is 3.71. The number of nitrogens with zero attached hydrogens (tertiary/aromatic N) is 3. The molecular formula is C47H59ClN4O6S. The minimum atomic E-state index is -4.12. The van der Waals surface area contributed by atoms with Crippen molar-refractivity contribution in [2.24, 2.45) is 17.8 Å². The molecule has 1 spiro atoms. The van der Waals surface area contributed by atoms with Crippen LogP contribution in [0.5, 0.6) is 5.75 Å². The van der Waals surface area contributed by atoms with Gasteiger partial charge in [0.25, 0.3) is 5.91 Å². The number of carbonyl (C=O) groups excluding carboxylic acids is 1. The van der Waals surface area contributed by atoms with Crippen molar-refractivity contribution in [3.05, 3.63) is 106 Å². The van der Waals surface area contributed by atoms with E-state index >= 15 is 0 Å². The van der Waals surface area contributed by atoms with Gasteiger partial charge in [-0.05, 0) is 110 Å². The molecule has 316 valence electrons. The number of allylic oxidation sites excluding steroid dienone is 1. The maximum absolute atomic E-state index is 14.4. The molecule has 0 radical (unpaired) electrons. The standard InChI is InChI=1S/C47H59ClN4O6S/c1-33-8-6-19-47(56-2,31-50-20-21-51-22-23-57-29-39(51)28-50)41-15-12-37(41)27-52-30-46(18-7-11-35-25-38(48)14-16-40(35)46)32-58-43-17-13-36(26-42(43)52)45(53)49-59(54,55)44(33)24-34-9-4-3-5-10-34/h3-6,9-10,13-14,16-17,19,25-26,33,37,39,41,44H,7-8,11-12,15,18,20-24,27-32H2,1-2H3,(H,49,53)/b19-6-/t33-,37-,39-,41+,44+,46-,47+/m0/s1. The van der Waals surface area contributed by atoms with Gasteiger partial charge in [0.05, 0.1) is 30.8 Å². The zero-order valence-electron chi connectivity index (χ0n) is 34.5. The molecule has 59 heavy (non-hydrogen) atoms. The lowest BCUT2D eigenvalue weighted by Gasteiger charge is -2.53. The number of hydrogen-bond acceptors (Lipinski definition) is 9. The summed E-state index contributed by atoms with van der Waals surface area (Å²) in [6.07, 6.45) is 10.3. The predicted molar refractivity (Wildman–Crippen MR) is 232 cm³/mol. The van der Waals surface area contributed by atoms with Gasteiger partial charge in [0.2, 0.25) is 10.0 Å². The summed E-state index contributed by atoms with van der Waals surface area (Å²) < 4.78 is 50.9. The third kappa shape index (κ3) is 8.20. The molecule has 12 heteroatoms. The van der Waals surface area contributed by atoms with Crippen LogP contribution >= 0.6 is 11.6 Å². The van der Waals surface area contributed by atoms with Gasteiger partial charge in [-0.1, -0.05) is 67.1 Å². The third-order valence-corrected chi connectivity index (χ3v) is 16.8. The first kappa shape index (κ1) is 40.9. The van der Waals surface area contributed by atoms with Gasteiger partial charge in [0, 0.05) is 75.0 Å². The number of halogens is 1. The molecule has 4 heterocycles. The zero-order valence-corrected chi connectivity index (χ0v) is 36.1. The number of anilines is 1. The van der Waals surface area contributed by atoms with E-state index in [1.54, 1.807) is 6.07 Å². The molecule has 1 amide bonds. The molecule has 10 nitrogen and oxygen atoms in total. The van der Waals surface area contributed by atoms with Crippen molar-refractivity contribution in [2.75, 3.05) is 77.6 Å². The fraction of sp³-hybridized carbons (Fsp3) is 0.553. The second kappa shape index (κ2) is 16.8. The van der Waals surface area contributed by atoms with Crippen molar-refractivity contribution in [3.63, 3.8) is 0 Å². The van der Waals surface area contributed by atoms with Gasteiger partial charge in [-0.3, -0.25) is 14.6 Å². The van der Waals surface area contributed by atoms with E-state index < -0.39 is 26.8 Å².